The molecule has 3 N–H and O–H groups in total. The first-order valence-electron chi connectivity index (χ1n) is 14.1. The first-order chi connectivity index (χ1) is 19.3. The smallest absolute Gasteiger partial charge is 0.326 e. The first-order valence-corrected chi connectivity index (χ1v) is 14.1. The summed E-state index contributed by atoms with van der Waals surface area (Å²) in [6, 6.07) is 0. The third kappa shape index (κ3) is 5.77. The molecule has 40 heavy (non-hydrogen) atoms. The lowest BCUT2D eigenvalue weighted by atomic mass is 9.86. The standard InChI is InChI=1S/C31H34F3N5O/c1-20-5-6-22(15-21(20)8-10-26-3-2-4-29-27-16-24(27)18-36-39(26)29)30(40)37-25-9-7-23(28(17-25)31(32,33)34)19-38-13-11-35-12-14-38/h2-3,5-7,9,15,20-21,24,27-28,35-36H,11-14,16-19H2,1H3,(H,37,40). The normalized spacial score (nSPS) is 31.4. The third-order valence-corrected chi connectivity index (χ3v) is 8.53. The van der Waals surface area contributed by atoms with Gasteiger partial charge in [0.1, 0.15) is 5.70 Å². The number of nitrogens with zero attached hydrogens (tertiary/aromatic N) is 2. The summed E-state index contributed by atoms with van der Waals surface area (Å²) in [7, 11) is 0. The van der Waals surface area contributed by atoms with Crippen molar-refractivity contribution < 1.29 is 18.0 Å². The van der Waals surface area contributed by atoms with Crippen LogP contribution in [0.25, 0.3) is 0 Å². The van der Waals surface area contributed by atoms with E-state index in [9.17, 15) is 18.0 Å². The molecule has 210 valence electrons. The van der Waals surface area contributed by atoms with Gasteiger partial charge in [0.05, 0.1) is 11.6 Å². The highest BCUT2D eigenvalue weighted by molar-refractivity contribution is 5.97. The number of carbonyl (C=O) groups excluding carboxylic acids is 1. The average molecular weight is 550 g/mol. The molecule has 6 aliphatic rings. The summed E-state index contributed by atoms with van der Waals surface area (Å²) in [5, 5.41) is 7.99. The molecule has 1 saturated carbocycles. The number of hydrogen-bond donors (Lipinski definition) is 3. The minimum absolute atomic E-state index is 0.0971. The van der Waals surface area contributed by atoms with Crippen molar-refractivity contribution in [3.63, 3.8) is 0 Å². The van der Waals surface area contributed by atoms with E-state index in [0.717, 1.165) is 44.1 Å². The van der Waals surface area contributed by atoms with Crippen molar-refractivity contribution in [1.29, 1.82) is 0 Å². The molecule has 0 aromatic rings. The number of hydrogen-bond acceptors (Lipinski definition) is 5. The summed E-state index contributed by atoms with van der Waals surface area (Å²) in [6.45, 7) is 6.25. The zero-order chi connectivity index (χ0) is 27.9. The van der Waals surface area contributed by atoms with Crippen LogP contribution in [0.3, 0.4) is 0 Å². The Morgan fingerprint density at radius 3 is 2.85 bits per heavy atom. The van der Waals surface area contributed by atoms with Crippen molar-refractivity contribution in [3.8, 4) is 11.8 Å². The Kier molecular flexibility index (Phi) is 7.37. The molecule has 1 amide bonds. The zero-order valence-electron chi connectivity index (χ0n) is 22.5. The maximum Gasteiger partial charge on any atom is 0.395 e. The first kappa shape index (κ1) is 26.9. The summed E-state index contributed by atoms with van der Waals surface area (Å²) in [4.78, 5) is 15.2. The lowest BCUT2D eigenvalue weighted by molar-refractivity contribution is -0.165. The van der Waals surface area contributed by atoms with Gasteiger partial charge in [-0.2, -0.15) is 13.2 Å². The molecular weight excluding hydrogens is 515 g/mol. The number of carbonyl (C=O) groups is 1. The number of allylic oxidation sites excluding steroid dienone is 8. The van der Waals surface area contributed by atoms with E-state index in [4.69, 9.17) is 0 Å². The number of piperazine rings is 1. The van der Waals surface area contributed by atoms with E-state index in [1.807, 2.05) is 41.1 Å². The van der Waals surface area contributed by atoms with E-state index in [1.54, 1.807) is 12.2 Å². The monoisotopic (exact) mass is 549 g/mol. The van der Waals surface area contributed by atoms with E-state index in [0.29, 0.717) is 23.0 Å². The lowest BCUT2D eigenvalue weighted by Crippen LogP contribution is -2.45. The van der Waals surface area contributed by atoms with Gasteiger partial charge in [-0.15, -0.1) is 0 Å². The van der Waals surface area contributed by atoms with Crippen LogP contribution in [0.15, 0.2) is 76.5 Å². The van der Waals surface area contributed by atoms with Gasteiger partial charge in [0.25, 0.3) is 5.91 Å². The molecule has 5 atom stereocenters. The van der Waals surface area contributed by atoms with Crippen LogP contribution in [-0.4, -0.2) is 61.3 Å². The van der Waals surface area contributed by atoms with E-state index in [2.05, 4.69) is 33.6 Å². The van der Waals surface area contributed by atoms with E-state index in [-0.39, 0.29) is 30.5 Å². The molecule has 2 saturated heterocycles. The number of amides is 1. The lowest BCUT2D eigenvalue weighted by Gasteiger charge is -2.33. The molecule has 9 heteroatoms. The van der Waals surface area contributed by atoms with E-state index in [1.165, 1.54) is 12.5 Å². The van der Waals surface area contributed by atoms with Crippen molar-refractivity contribution in [1.82, 2.24) is 26.0 Å². The Morgan fingerprint density at radius 2 is 2.05 bits per heavy atom. The fourth-order valence-corrected chi connectivity index (χ4v) is 5.96. The van der Waals surface area contributed by atoms with Gasteiger partial charge in [0.2, 0.25) is 0 Å². The van der Waals surface area contributed by atoms with Gasteiger partial charge >= 0.3 is 6.18 Å². The fraction of sp³-hybridized carbons (Fsp3) is 0.484. The van der Waals surface area contributed by atoms with Crippen molar-refractivity contribution in [3.05, 3.63) is 76.5 Å². The molecule has 0 bridgehead atoms. The number of fused-ring (bicyclic) bond motifs is 3. The Balaban J connectivity index is 1.13. The van der Waals surface area contributed by atoms with Gasteiger partial charge in [-0.3, -0.25) is 14.7 Å². The summed E-state index contributed by atoms with van der Waals surface area (Å²) >= 11 is 0. The van der Waals surface area contributed by atoms with Crippen LogP contribution in [0.4, 0.5) is 13.2 Å². The molecule has 3 aliphatic carbocycles. The largest absolute Gasteiger partial charge is 0.395 e. The molecule has 6 nitrogen and oxygen atoms in total. The maximum absolute atomic E-state index is 14.0. The van der Waals surface area contributed by atoms with Gasteiger partial charge in [0.15, 0.2) is 0 Å². The summed E-state index contributed by atoms with van der Waals surface area (Å²) in [6.07, 6.45) is 9.01. The molecular formula is C31H34F3N5O. The van der Waals surface area contributed by atoms with Crippen molar-refractivity contribution in [2.45, 2.75) is 25.9 Å². The minimum Gasteiger partial charge on any atom is -0.326 e. The van der Waals surface area contributed by atoms with Crippen LogP contribution >= 0.6 is 0 Å². The molecule has 3 fully saturated rings. The molecule has 0 aromatic carbocycles. The topological polar surface area (TPSA) is 59.6 Å². The summed E-state index contributed by atoms with van der Waals surface area (Å²) in [5.74, 6) is 5.71. The third-order valence-electron chi connectivity index (χ3n) is 8.53. The number of rotatable bonds is 4. The number of nitrogens with one attached hydrogen (secondary N) is 3. The van der Waals surface area contributed by atoms with Crippen molar-refractivity contribution in [2.24, 2.45) is 29.6 Å². The Morgan fingerprint density at radius 1 is 1.23 bits per heavy atom. The predicted molar refractivity (Wildman–Crippen MR) is 147 cm³/mol. The molecule has 0 spiro atoms. The summed E-state index contributed by atoms with van der Waals surface area (Å²) < 4.78 is 42.0. The Bertz CT molecular complexity index is 1340. The van der Waals surface area contributed by atoms with Crippen LogP contribution in [0, 0.1) is 41.4 Å². The predicted octanol–water partition coefficient (Wildman–Crippen LogP) is 3.55. The van der Waals surface area contributed by atoms with Gasteiger partial charge in [-0.05, 0) is 48.0 Å². The number of halogens is 3. The molecule has 0 radical (unpaired) electrons. The molecule has 5 unspecified atom stereocenters. The molecule has 0 aromatic heterocycles. The fourth-order valence-electron chi connectivity index (χ4n) is 5.96. The van der Waals surface area contributed by atoms with Crippen molar-refractivity contribution >= 4 is 5.91 Å². The van der Waals surface area contributed by atoms with Crippen LogP contribution in [-0.2, 0) is 4.79 Å². The number of hydrazine groups is 1. The minimum atomic E-state index is -4.38. The van der Waals surface area contributed by atoms with Gasteiger partial charge < -0.3 is 10.6 Å². The van der Waals surface area contributed by atoms with E-state index >= 15 is 0 Å². The van der Waals surface area contributed by atoms with Crippen molar-refractivity contribution in [2.75, 3.05) is 39.3 Å². The SMILES string of the molecule is CC1C=CC(C(=O)NC2=CC=C(CN3CCNCC3)C(C(F)(F)F)C2)=CC1C#CC1=CC=C=C2C3CC3CNN21. The second-order valence-corrected chi connectivity index (χ2v) is 11.4. The zero-order valence-corrected chi connectivity index (χ0v) is 22.5. The van der Waals surface area contributed by atoms with Crippen LogP contribution in [0.5, 0.6) is 0 Å². The highest BCUT2D eigenvalue weighted by Gasteiger charge is 2.46. The summed E-state index contributed by atoms with van der Waals surface area (Å²) in [5.41, 5.74) is 9.79. The highest BCUT2D eigenvalue weighted by atomic mass is 19.4. The van der Waals surface area contributed by atoms with E-state index < -0.39 is 18.0 Å². The van der Waals surface area contributed by atoms with Crippen LogP contribution in [0.1, 0.15) is 19.8 Å². The molecule has 3 heterocycles. The van der Waals surface area contributed by atoms with Gasteiger partial charge in [-0.1, -0.05) is 42.9 Å². The number of alkyl halides is 3. The quantitative estimate of drug-likeness (QED) is 0.370. The average Bonchev–Trinajstić information content (AvgIpc) is 3.74. The van der Waals surface area contributed by atoms with Gasteiger partial charge in [-0.25, -0.2) is 5.43 Å². The highest BCUT2D eigenvalue weighted by Crippen LogP contribution is 2.48. The van der Waals surface area contributed by atoms with Gasteiger partial charge in [0, 0.05) is 68.8 Å². The maximum atomic E-state index is 14.0. The molecule has 3 aliphatic heterocycles. The van der Waals surface area contributed by atoms with Crippen LogP contribution in [0.2, 0.25) is 0 Å². The second kappa shape index (κ2) is 10.9. The molecule has 6 rings (SSSR count). The Hall–Kier alpha value is -3.28. The van der Waals surface area contributed by atoms with Crippen LogP contribution < -0.4 is 16.1 Å². The Labute approximate surface area is 233 Å². The second-order valence-electron chi connectivity index (χ2n) is 11.4.